The first-order valence-corrected chi connectivity index (χ1v) is 8.33. The van der Waals surface area contributed by atoms with Gasteiger partial charge in [-0.3, -0.25) is 4.90 Å². The second kappa shape index (κ2) is 6.28. The maximum Gasteiger partial charge on any atom is 0.0948 e. The summed E-state index contributed by atoms with van der Waals surface area (Å²) in [5.74, 6) is 0. The number of aliphatic hydroxyl groups is 1. The molecule has 0 aromatic heterocycles. The highest BCUT2D eigenvalue weighted by molar-refractivity contribution is 5.32. The third kappa shape index (κ3) is 2.64. The van der Waals surface area contributed by atoms with Crippen molar-refractivity contribution in [1.82, 2.24) is 4.90 Å². The van der Waals surface area contributed by atoms with Gasteiger partial charge in [0.15, 0.2) is 0 Å². The molecule has 1 heterocycles. The van der Waals surface area contributed by atoms with E-state index in [9.17, 15) is 5.11 Å². The number of benzene rings is 1. The van der Waals surface area contributed by atoms with Crippen LogP contribution in [0.2, 0.25) is 0 Å². The average molecular weight is 273 g/mol. The molecule has 110 valence electrons. The fraction of sp³-hybridized carbons (Fsp3) is 0.667. The standard InChI is InChI=1S/C18H27NO/c1-2-15-9-4-3-7-13-19(15)17-12-11-14-8-5-6-10-16(14)18(17)20/h5-6,8,10,15,17-18,20H,2-4,7,9,11-13H2,1H3. The van der Waals surface area contributed by atoms with Crippen molar-refractivity contribution in [2.45, 2.75) is 70.1 Å². The van der Waals surface area contributed by atoms with Crippen molar-refractivity contribution in [2.75, 3.05) is 6.54 Å². The molecule has 0 spiro atoms. The van der Waals surface area contributed by atoms with E-state index in [0.29, 0.717) is 12.1 Å². The molecule has 1 N–H and O–H groups in total. The topological polar surface area (TPSA) is 23.5 Å². The molecule has 1 aliphatic heterocycles. The Balaban J connectivity index is 1.83. The molecule has 0 saturated carbocycles. The van der Waals surface area contributed by atoms with Crippen LogP contribution in [-0.4, -0.2) is 28.6 Å². The molecule has 20 heavy (non-hydrogen) atoms. The van der Waals surface area contributed by atoms with Crippen LogP contribution in [0.15, 0.2) is 24.3 Å². The fourth-order valence-electron chi connectivity index (χ4n) is 4.14. The number of fused-ring (bicyclic) bond motifs is 1. The minimum Gasteiger partial charge on any atom is -0.387 e. The Morgan fingerprint density at radius 1 is 1.15 bits per heavy atom. The van der Waals surface area contributed by atoms with E-state index < -0.39 is 0 Å². The zero-order valence-electron chi connectivity index (χ0n) is 12.6. The van der Waals surface area contributed by atoms with Crippen molar-refractivity contribution < 1.29 is 5.11 Å². The predicted octanol–water partition coefficient (Wildman–Crippen LogP) is 3.69. The molecule has 1 aromatic carbocycles. The molecule has 1 aromatic rings. The average Bonchev–Trinajstić information content (AvgIpc) is 2.73. The summed E-state index contributed by atoms with van der Waals surface area (Å²) in [5.41, 5.74) is 2.52. The van der Waals surface area contributed by atoms with Gasteiger partial charge in [0.05, 0.1) is 6.10 Å². The molecule has 0 amide bonds. The molecule has 2 aliphatic rings. The Bertz CT molecular complexity index is 445. The Morgan fingerprint density at radius 2 is 2.00 bits per heavy atom. The van der Waals surface area contributed by atoms with Crippen molar-refractivity contribution in [3.63, 3.8) is 0 Å². The Kier molecular flexibility index (Phi) is 4.42. The van der Waals surface area contributed by atoms with Crippen LogP contribution in [0.25, 0.3) is 0 Å². The van der Waals surface area contributed by atoms with E-state index >= 15 is 0 Å². The van der Waals surface area contributed by atoms with Crippen molar-refractivity contribution in [2.24, 2.45) is 0 Å². The summed E-state index contributed by atoms with van der Waals surface area (Å²) >= 11 is 0. The number of nitrogens with zero attached hydrogens (tertiary/aromatic N) is 1. The second-order valence-corrected chi connectivity index (χ2v) is 6.40. The number of rotatable bonds is 2. The minimum absolute atomic E-state index is 0.299. The molecule has 3 atom stereocenters. The number of hydrogen-bond donors (Lipinski definition) is 1. The molecule has 0 bridgehead atoms. The highest BCUT2D eigenvalue weighted by Crippen LogP contribution is 2.35. The maximum absolute atomic E-state index is 10.8. The van der Waals surface area contributed by atoms with Gasteiger partial charge in [-0.2, -0.15) is 0 Å². The van der Waals surface area contributed by atoms with Crippen LogP contribution >= 0.6 is 0 Å². The molecule has 3 unspecified atom stereocenters. The van der Waals surface area contributed by atoms with Crippen molar-refractivity contribution in [1.29, 1.82) is 0 Å². The molecule has 1 saturated heterocycles. The molecule has 1 aliphatic carbocycles. The van der Waals surface area contributed by atoms with E-state index in [1.165, 1.54) is 49.8 Å². The SMILES string of the molecule is CCC1CCCCCN1C1CCc2ccccc2C1O. The zero-order valence-corrected chi connectivity index (χ0v) is 12.6. The first-order valence-electron chi connectivity index (χ1n) is 8.33. The monoisotopic (exact) mass is 273 g/mol. The zero-order chi connectivity index (χ0) is 13.9. The first-order chi connectivity index (χ1) is 9.81. The second-order valence-electron chi connectivity index (χ2n) is 6.40. The maximum atomic E-state index is 10.8. The molecule has 0 radical (unpaired) electrons. The smallest absolute Gasteiger partial charge is 0.0948 e. The molecule has 1 fully saturated rings. The van der Waals surface area contributed by atoms with Gasteiger partial charge in [-0.1, -0.05) is 44.0 Å². The Hall–Kier alpha value is -0.860. The lowest BCUT2D eigenvalue weighted by atomic mass is 9.84. The van der Waals surface area contributed by atoms with Crippen molar-refractivity contribution in [3.8, 4) is 0 Å². The third-order valence-corrected chi connectivity index (χ3v) is 5.27. The number of likely N-dealkylation sites (tertiary alicyclic amines) is 1. The molecule has 2 nitrogen and oxygen atoms in total. The normalized spacial score (nSPS) is 31.6. The summed E-state index contributed by atoms with van der Waals surface area (Å²) in [6, 6.07) is 9.44. The predicted molar refractivity (Wildman–Crippen MR) is 82.8 cm³/mol. The van der Waals surface area contributed by atoms with Gasteiger partial charge < -0.3 is 5.11 Å². The van der Waals surface area contributed by atoms with E-state index in [1.807, 2.05) is 0 Å². The lowest BCUT2D eigenvalue weighted by molar-refractivity contribution is 0.0119. The summed E-state index contributed by atoms with van der Waals surface area (Å²) in [7, 11) is 0. The van der Waals surface area contributed by atoms with Crippen molar-refractivity contribution in [3.05, 3.63) is 35.4 Å². The van der Waals surface area contributed by atoms with Gasteiger partial charge in [0.1, 0.15) is 0 Å². The van der Waals surface area contributed by atoms with Gasteiger partial charge in [0.25, 0.3) is 0 Å². The highest BCUT2D eigenvalue weighted by atomic mass is 16.3. The molecular weight excluding hydrogens is 246 g/mol. The minimum atomic E-state index is -0.299. The van der Waals surface area contributed by atoms with E-state index in [1.54, 1.807) is 0 Å². The van der Waals surface area contributed by atoms with Crippen LogP contribution < -0.4 is 0 Å². The number of hydrogen-bond acceptors (Lipinski definition) is 2. The van der Waals surface area contributed by atoms with Crippen LogP contribution in [0.3, 0.4) is 0 Å². The van der Waals surface area contributed by atoms with E-state index in [-0.39, 0.29) is 6.10 Å². The summed E-state index contributed by atoms with van der Waals surface area (Å²) in [5, 5.41) is 10.8. The lowest BCUT2D eigenvalue weighted by Gasteiger charge is -2.42. The third-order valence-electron chi connectivity index (χ3n) is 5.27. The Morgan fingerprint density at radius 3 is 2.85 bits per heavy atom. The van der Waals surface area contributed by atoms with Gasteiger partial charge in [-0.05, 0) is 49.8 Å². The largest absolute Gasteiger partial charge is 0.387 e. The van der Waals surface area contributed by atoms with Crippen LogP contribution in [0.1, 0.15) is 62.7 Å². The molecule has 3 rings (SSSR count). The van der Waals surface area contributed by atoms with Gasteiger partial charge >= 0.3 is 0 Å². The van der Waals surface area contributed by atoms with Gasteiger partial charge in [-0.15, -0.1) is 0 Å². The Labute approximate surface area is 122 Å². The van der Waals surface area contributed by atoms with E-state index in [0.717, 1.165) is 12.8 Å². The quantitative estimate of drug-likeness (QED) is 0.888. The van der Waals surface area contributed by atoms with Gasteiger partial charge in [-0.25, -0.2) is 0 Å². The summed E-state index contributed by atoms with van der Waals surface area (Å²) in [6.45, 7) is 3.47. The van der Waals surface area contributed by atoms with Crippen molar-refractivity contribution >= 4 is 0 Å². The fourth-order valence-corrected chi connectivity index (χ4v) is 4.14. The van der Waals surface area contributed by atoms with Crippen LogP contribution in [0.4, 0.5) is 0 Å². The van der Waals surface area contributed by atoms with E-state index in [4.69, 9.17) is 0 Å². The lowest BCUT2D eigenvalue weighted by Crippen LogP contribution is -2.47. The van der Waals surface area contributed by atoms with Gasteiger partial charge in [0, 0.05) is 12.1 Å². The van der Waals surface area contributed by atoms with Crippen LogP contribution in [0.5, 0.6) is 0 Å². The van der Waals surface area contributed by atoms with Gasteiger partial charge in [0.2, 0.25) is 0 Å². The number of aliphatic hydroxyl groups excluding tert-OH is 1. The number of aryl methyl sites for hydroxylation is 1. The summed E-state index contributed by atoms with van der Waals surface area (Å²) in [6.07, 6.45) is 8.44. The molecular formula is C18H27NO. The van der Waals surface area contributed by atoms with Crippen LogP contribution in [-0.2, 0) is 6.42 Å². The highest BCUT2D eigenvalue weighted by Gasteiger charge is 2.35. The van der Waals surface area contributed by atoms with E-state index in [2.05, 4.69) is 36.1 Å². The van der Waals surface area contributed by atoms with Crippen LogP contribution in [0, 0.1) is 0 Å². The first kappa shape index (κ1) is 14.1. The summed E-state index contributed by atoms with van der Waals surface area (Å²) < 4.78 is 0. The molecule has 2 heteroatoms. The summed E-state index contributed by atoms with van der Waals surface area (Å²) in [4.78, 5) is 2.63.